The normalized spacial score (nSPS) is 13.8. The number of rotatable bonds is 14. The molecule has 0 spiro atoms. The van der Waals surface area contributed by atoms with Gasteiger partial charge < -0.3 is 23.8 Å². The van der Waals surface area contributed by atoms with E-state index in [0.29, 0.717) is 24.9 Å². The fraction of sp³-hybridized carbons (Fsp3) is 0.625. The molecule has 0 unspecified atom stereocenters. The molecule has 1 fully saturated rings. The van der Waals surface area contributed by atoms with E-state index < -0.39 is 23.8 Å². The van der Waals surface area contributed by atoms with Gasteiger partial charge in [-0.2, -0.15) is 0 Å². The van der Waals surface area contributed by atoms with Crippen molar-refractivity contribution in [3.63, 3.8) is 0 Å². The number of ether oxygens (including phenoxy) is 4. The highest BCUT2D eigenvalue weighted by atomic mass is 16.7. The van der Waals surface area contributed by atoms with Gasteiger partial charge in [0.15, 0.2) is 0 Å². The standard InChI is InChI=1S/C16H23NO9/c1-2-15(20)25-12-11-24-10-9-23-8-7-22-6-5-16(21)26-17-13(18)3-4-14(17)19/h2H,1,3-12H2. The largest absolute Gasteiger partial charge is 0.460 e. The minimum Gasteiger partial charge on any atom is -0.460 e. The van der Waals surface area contributed by atoms with Gasteiger partial charge in [0, 0.05) is 18.9 Å². The molecule has 2 amide bonds. The number of hydroxylamine groups is 2. The Morgan fingerprint density at radius 2 is 1.38 bits per heavy atom. The van der Waals surface area contributed by atoms with E-state index in [1.54, 1.807) is 0 Å². The van der Waals surface area contributed by atoms with E-state index in [4.69, 9.17) is 18.9 Å². The molecular formula is C16H23NO9. The maximum absolute atomic E-state index is 11.5. The summed E-state index contributed by atoms with van der Waals surface area (Å²) in [6.45, 7) is 5.05. The SMILES string of the molecule is C=CC(=O)OCCOCCOCCOCCC(=O)ON1C(=O)CCC1=O. The van der Waals surface area contributed by atoms with Gasteiger partial charge in [-0.1, -0.05) is 6.58 Å². The molecule has 10 nitrogen and oxygen atoms in total. The summed E-state index contributed by atoms with van der Waals surface area (Å²) in [5.74, 6) is -2.23. The lowest BCUT2D eigenvalue weighted by Crippen LogP contribution is -2.32. The molecule has 1 saturated heterocycles. The zero-order valence-corrected chi connectivity index (χ0v) is 14.5. The van der Waals surface area contributed by atoms with E-state index in [1.807, 2.05) is 0 Å². The Balaban J connectivity index is 1.86. The molecule has 0 saturated carbocycles. The second kappa shape index (κ2) is 13.0. The highest BCUT2D eigenvalue weighted by Gasteiger charge is 2.32. The third kappa shape index (κ3) is 9.25. The number of imide groups is 1. The quantitative estimate of drug-likeness (QED) is 0.176. The molecule has 1 rings (SSSR count). The van der Waals surface area contributed by atoms with E-state index in [-0.39, 0.29) is 45.7 Å². The summed E-state index contributed by atoms with van der Waals surface area (Å²) < 4.78 is 20.3. The van der Waals surface area contributed by atoms with Crippen molar-refractivity contribution in [2.45, 2.75) is 19.3 Å². The summed E-state index contributed by atoms with van der Waals surface area (Å²) >= 11 is 0. The Morgan fingerprint density at radius 3 is 1.92 bits per heavy atom. The molecular weight excluding hydrogens is 350 g/mol. The van der Waals surface area contributed by atoms with E-state index in [1.165, 1.54) is 0 Å². The van der Waals surface area contributed by atoms with Crippen molar-refractivity contribution >= 4 is 23.8 Å². The zero-order valence-electron chi connectivity index (χ0n) is 14.5. The number of esters is 1. The molecule has 0 aromatic rings. The predicted molar refractivity (Wildman–Crippen MR) is 85.4 cm³/mol. The molecule has 0 atom stereocenters. The van der Waals surface area contributed by atoms with Crippen molar-refractivity contribution in [1.82, 2.24) is 5.06 Å². The van der Waals surface area contributed by atoms with Gasteiger partial charge in [0.2, 0.25) is 0 Å². The molecule has 0 radical (unpaired) electrons. The van der Waals surface area contributed by atoms with Gasteiger partial charge in [-0.25, -0.2) is 9.59 Å². The summed E-state index contributed by atoms with van der Waals surface area (Å²) in [4.78, 5) is 49.4. The van der Waals surface area contributed by atoms with Crippen LogP contribution in [-0.4, -0.2) is 75.1 Å². The van der Waals surface area contributed by atoms with Crippen LogP contribution in [0.15, 0.2) is 12.7 Å². The third-order valence-corrected chi connectivity index (χ3v) is 3.03. The number of amides is 2. The summed E-state index contributed by atoms with van der Waals surface area (Å²) in [7, 11) is 0. The highest BCUT2D eigenvalue weighted by molar-refractivity contribution is 6.01. The van der Waals surface area contributed by atoms with Gasteiger partial charge in [-0.05, 0) is 0 Å². The summed E-state index contributed by atoms with van der Waals surface area (Å²) in [5.41, 5.74) is 0. The van der Waals surface area contributed by atoms with Crippen molar-refractivity contribution in [2.24, 2.45) is 0 Å². The first-order chi connectivity index (χ1) is 12.5. The summed E-state index contributed by atoms with van der Waals surface area (Å²) in [5, 5.41) is 0.504. The Hall–Kier alpha value is -2.30. The monoisotopic (exact) mass is 373 g/mol. The van der Waals surface area contributed by atoms with Crippen LogP contribution in [0.5, 0.6) is 0 Å². The molecule has 0 N–H and O–H groups in total. The topological polar surface area (TPSA) is 118 Å². The summed E-state index contributed by atoms with van der Waals surface area (Å²) in [6.07, 6.45) is 1.12. The van der Waals surface area contributed by atoms with Crippen molar-refractivity contribution in [2.75, 3.05) is 46.2 Å². The Bertz CT molecular complexity index is 490. The van der Waals surface area contributed by atoms with Crippen molar-refractivity contribution < 1.29 is 43.0 Å². The van der Waals surface area contributed by atoms with E-state index in [9.17, 15) is 19.2 Å². The van der Waals surface area contributed by atoms with Crippen LogP contribution < -0.4 is 0 Å². The molecule has 26 heavy (non-hydrogen) atoms. The molecule has 146 valence electrons. The van der Waals surface area contributed by atoms with Crippen LogP contribution >= 0.6 is 0 Å². The fourth-order valence-corrected chi connectivity index (χ4v) is 1.76. The average molecular weight is 373 g/mol. The van der Waals surface area contributed by atoms with Crippen LogP contribution in [0.4, 0.5) is 0 Å². The first-order valence-electron chi connectivity index (χ1n) is 8.13. The highest BCUT2D eigenvalue weighted by Crippen LogP contribution is 2.12. The maximum atomic E-state index is 11.5. The molecule has 0 aromatic carbocycles. The van der Waals surface area contributed by atoms with Crippen LogP contribution in [0.1, 0.15) is 19.3 Å². The van der Waals surface area contributed by atoms with Gasteiger partial charge >= 0.3 is 11.9 Å². The summed E-state index contributed by atoms with van der Waals surface area (Å²) in [6, 6.07) is 0. The van der Waals surface area contributed by atoms with Crippen LogP contribution in [0.2, 0.25) is 0 Å². The smallest absolute Gasteiger partial charge is 0.335 e. The minimum atomic E-state index is -0.708. The first kappa shape index (κ1) is 21.7. The van der Waals surface area contributed by atoms with E-state index in [0.717, 1.165) is 6.08 Å². The first-order valence-corrected chi connectivity index (χ1v) is 8.13. The van der Waals surface area contributed by atoms with Crippen molar-refractivity contribution in [3.05, 3.63) is 12.7 Å². The maximum Gasteiger partial charge on any atom is 0.335 e. The molecule has 1 aliphatic heterocycles. The van der Waals surface area contributed by atoms with Crippen LogP contribution in [-0.2, 0) is 43.0 Å². The molecule has 0 bridgehead atoms. The van der Waals surface area contributed by atoms with Gasteiger partial charge in [0.25, 0.3) is 11.8 Å². The van der Waals surface area contributed by atoms with Gasteiger partial charge in [0.05, 0.1) is 46.1 Å². The van der Waals surface area contributed by atoms with Crippen LogP contribution in [0, 0.1) is 0 Å². The molecule has 0 aliphatic carbocycles. The second-order valence-corrected chi connectivity index (χ2v) is 5.00. The number of carbonyl (C=O) groups is 4. The molecule has 1 aliphatic rings. The van der Waals surface area contributed by atoms with Crippen molar-refractivity contribution in [3.8, 4) is 0 Å². The van der Waals surface area contributed by atoms with E-state index in [2.05, 4.69) is 11.4 Å². The number of hydrogen-bond acceptors (Lipinski definition) is 9. The zero-order chi connectivity index (χ0) is 19.2. The van der Waals surface area contributed by atoms with Crippen LogP contribution in [0.3, 0.4) is 0 Å². The second-order valence-electron chi connectivity index (χ2n) is 5.00. The Labute approximate surface area is 150 Å². The predicted octanol–water partition coefficient (Wildman–Crippen LogP) is -0.237. The fourth-order valence-electron chi connectivity index (χ4n) is 1.76. The lowest BCUT2D eigenvalue weighted by molar-refractivity contribution is -0.198. The minimum absolute atomic E-state index is 0.0592. The molecule has 10 heteroatoms. The number of carbonyl (C=O) groups excluding carboxylic acids is 4. The van der Waals surface area contributed by atoms with Gasteiger partial charge in [-0.3, -0.25) is 9.59 Å². The lowest BCUT2D eigenvalue weighted by atomic mass is 10.4. The molecule has 1 heterocycles. The van der Waals surface area contributed by atoms with E-state index >= 15 is 0 Å². The number of hydrogen-bond donors (Lipinski definition) is 0. The molecule has 0 aromatic heterocycles. The van der Waals surface area contributed by atoms with Crippen LogP contribution in [0.25, 0.3) is 0 Å². The third-order valence-electron chi connectivity index (χ3n) is 3.03. The lowest BCUT2D eigenvalue weighted by Gasteiger charge is -2.12. The van der Waals surface area contributed by atoms with Gasteiger partial charge in [0.1, 0.15) is 6.61 Å². The average Bonchev–Trinajstić information content (AvgIpc) is 2.94. The Morgan fingerprint density at radius 1 is 0.885 bits per heavy atom. The van der Waals surface area contributed by atoms with Gasteiger partial charge in [-0.15, -0.1) is 5.06 Å². The Kier molecular flexibility index (Phi) is 10.9. The number of nitrogens with zero attached hydrogens (tertiary/aromatic N) is 1. The van der Waals surface area contributed by atoms with Crippen molar-refractivity contribution in [1.29, 1.82) is 0 Å².